The Labute approximate surface area is 126 Å². The molecule has 0 saturated heterocycles. The van der Waals surface area contributed by atoms with Gasteiger partial charge in [-0.15, -0.1) is 0 Å². The summed E-state index contributed by atoms with van der Waals surface area (Å²) in [5, 5.41) is 5.70. The minimum Gasteiger partial charge on any atom is -0.384 e. The molecule has 0 atom stereocenters. The molecule has 0 saturated carbocycles. The average molecular weight is 313 g/mol. The van der Waals surface area contributed by atoms with Gasteiger partial charge in [-0.2, -0.15) is 0 Å². The molecule has 3 N–H and O–H groups in total. The van der Waals surface area contributed by atoms with Crippen molar-refractivity contribution in [3.8, 4) is 0 Å². The Kier molecular flexibility index (Phi) is 7.18. The summed E-state index contributed by atoms with van der Waals surface area (Å²) in [4.78, 5) is 11.6. The molecule has 0 spiro atoms. The predicted molar refractivity (Wildman–Crippen MR) is 83.7 cm³/mol. The highest BCUT2D eigenvalue weighted by molar-refractivity contribution is 7.89. The van der Waals surface area contributed by atoms with E-state index in [9.17, 15) is 13.2 Å². The van der Waals surface area contributed by atoms with Gasteiger partial charge in [-0.3, -0.25) is 4.79 Å². The standard InChI is InChI=1S/C14H23N3O3S/c1-3-9-15-12-7-5-6-8-13(12)21(19,20)17-11-14(18)16-10-4-2/h5-8,15,17H,3-4,9-11H2,1-2H3,(H,16,18). The zero-order chi connectivity index (χ0) is 15.7. The Bertz CT molecular complexity index is 558. The van der Waals surface area contributed by atoms with Gasteiger partial charge in [0.1, 0.15) is 4.90 Å². The topological polar surface area (TPSA) is 87.3 Å². The van der Waals surface area contributed by atoms with Crippen molar-refractivity contribution in [2.24, 2.45) is 0 Å². The maximum Gasteiger partial charge on any atom is 0.243 e. The third-order valence-corrected chi connectivity index (χ3v) is 4.20. The van der Waals surface area contributed by atoms with Gasteiger partial charge in [0.25, 0.3) is 0 Å². The van der Waals surface area contributed by atoms with Crippen molar-refractivity contribution in [2.45, 2.75) is 31.6 Å². The number of benzene rings is 1. The summed E-state index contributed by atoms with van der Waals surface area (Å²) in [6, 6.07) is 6.65. The summed E-state index contributed by atoms with van der Waals surface area (Å²) < 4.78 is 26.8. The number of anilines is 1. The lowest BCUT2D eigenvalue weighted by Crippen LogP contribution is -2.37. The zero-order valence-corrected chi connectivity index (χ0v) is 13.3. The molecule has 0 aliphatic heterocycles. The summed E-state index contributed by atoms with van der Waals surface area (Å²) in [7, 11) is -3.71. The molecule has 0 fully saturated rings. The second-order valence-electron chi connectivity index (χ2n) is 4.60. The van der Waals surface area contributed by atoms with Crippen LogP contribution in [0.5, 0.6) is 0 Å². The van der Waals surface area contributed by atoms with Crippen LogP contribution < -0.4 is 15.4 Å². The van der Waals surface area contributed by atoms with Crippen LogP contribution in [-0.2, 0) is 14.8 Å². The summed E-state index contributed by atoms with van der Waals surface area (Å²) in [5.41, 5.74) is 0.542. The van der Waals surface area contributed by atoms with E-state index in [-0.39, 0.29) is 17.3 Å². The number of sulfonamides is 1. The smallest absolute Gasteiger partial charge is 0.243 e. The molecule has 0 bridgehead atoms. The SMILES string of the molecule is CCCNC(=O)CNS(=O)(=O)c1ccccc1NCCC. The van der Waals surface area contributed by atoms with Gasteiger partial charge < -0.3 is 10.6 Å². The second kappa shape index (κ2) is 8.63. The van der Waals surface area contributed by atoms with Crippen LogP contribution >= 0.6 is 0 Å². The molecule has 118 valence electrons. The number of para-hydroxylation sites is 1. The third kappa shape index (κ3) is 5.73. The van der Waals surface area contributed by atoms with Crippen molar-refractivity contribution < 1.29 is 13.2 Å². The Morgan fingerprint density at radius 1 is 1.10 bits per heavy atom. The summed E-state index contributed by atoms with van der Waals surface area (Å²) in [6.45, 7) is 4.89. The first-order valence-corrected chi connectivity index (χ1v) is 8.58. The molecule has 7 heteroatoms. The lowest BCUT2D eigenvalue weighted by molar-refractivity contribution is -0.119. The van der Waals surface area contributed by atoms with Crippen molar-refractivity contribution >= 4 is 21.6 Å². The maximum atomic E-state index is 12.3. The lowest BCUT2D eigenvalue weighted by atomic mass is 10.3. The molecule has 0 aliphatic carbocycles. The van der Waals surface area contributed by atoms with Gasteiger partial charge in [-0.1, -0.05) is 26.0 Å². The van der Waals surface area contributed by atoms with Crippen LogP contribution in [0.15, 0.2) is 29.2 Å². The van der Waals surface area contributed by atoms with Crippen molar-refractivity contribution in [1.29, 1.82) is 0 Å². The number of carbonyl (C=O) groups is 1. The Morgan fingerprint density at radius 3 is 2.43 bits per heavy atom. The quantitative estimate of drug-likeness (QED) is 0.641. The molecule has 1 amide bonds. The Hall–Kier alpha value is -1.60. The first-order valence-electron chi connectivity index (χ1n) is 7.10. The summed E-state index contributed by atoms with van der Waals surface area (Å²) in [6.07, 6.45) is 1.70. The van der Waals surface area contributed by atoms with Crippen molar-refractivity contribution in [3.05, 3.63) is 24.3 Å². The first kappa shape index (κ1) is 17.5. The van der Waals surface area contributed by atoms with E-state index in [4.69, 9.17) is 0 Å². The van der Waals surface area contributed by atoms with E-state index in [0.717, 1.165) is 12.8 Å². The second-order valence-corrected chi connectivity index (χ2v) is 6.33. The first-order chi connectivity index (χ1) is 10.0. The lowest BCUT2D eigenvalue weighted by Gasteiger charge is -2.12. The zero-order valence-electron chi connectivity index (χ0n) is 12.5. The molecule has 0 aliphatic rings. The predicted octanol–water partition coefficient (Wildman–Crippen LogP) is 1.31. The van der Waals surface area contributed by atoms with Crippen LogP contribution in [0, 0.1) is 0 Å². The third-order valence-electron chi connectivity index (χ3n) is 2.74. The highest BCUT2D eigenvalue weighted by Gasteiger charge is 2.18. The minimum atomic E-state index is -3.71. The van der Waals surface area contributed by atoms with Crippen LogP contribution in [-0.4, -0.2) is 34.0 Å². The summed E-state index contributed by atoms with van der Waals surface area (Å²) >= 11 is 0. The Balaban J connectivity index is 2.76. The van der Waals surface area contributed by atoms with Gasteiger partial charge >= 0.3 is 0 Å². The van der Waals surface area contributed by atoms with E-state index in [1.807, 2.05) is 13.8 Å². The monoisotopic (exact) mass is 313 g/mol. The largest absolute Gasteiger partial charge is 0.384 e. The maximum absolute atomic E-state index is 12.3. The van der Waals surface area contributed by atoms with E-state index in [0.29, 0.717) is 18.8 Å². The van der Waals surface area contributed by atoms with Gasteiger partial charge in [0.05, 0.1) is 12.2 Å². The minimum absolute atomic E-state index is 0.154. The average Bonchev–Trinajstić information content (AvgIpc) is 2.49. The fourth-order valence-electron chi connectivity index (χ4n) is 1.67. The molecule has 21 heavy (non-hydrogen) atoms. The molecule has 0 aromatic heterocycles. The molecule has 0 unspecified atom stereocenters. The van der Waals surface area contributed by atoms with Gasteiger partial charge in [-0.25, -0.2) is 13.1 Å². The van der Waals surface area contributed by atoms with Crippen LogP contribution in [0.1, 0.15) is 26.7 Å². The van der Waals surface area contributed by atoms with Crippen molar-refractivity contribution in [2.75, 3.05) is 25.0 Å². The van der Waals surface area contributed by atoms with Gasteiger partial charge in [0.15, 0.2) is 0 Å². The van der Waals surface area contributed by atoms with Crippen molar-refractivity contribution in [1.82, 2.24) is 10.0 Å². The van der Waals surface area contributed by atoms with E-state index >= 15 is 0 Å². The summed E-state index contributed by atoms with van der Waals surface area (Å²) in [5.74, 6) is -0.334. The van der Waals surface area contributed by atoms with Gasteiger partial charge in [0.2, 0.25) is 15.9 Å². The molecule has 1 rings (SSSR count). The van der Waals surface area contributed by atoms with E-state index in [1.165, 1.54) is 6.07 Å². The molecule has 1 aromatic rings. The van der Waals surface area contributed by atoms with Gasteiger partial charge in [0, 0.05) is 13.1 Å². The molecule has 6 nitrogen and oxygen atoms in total. The number of hydrogen-bond donors (Lipinski definition) is 3. The highest BCUT2D eigenvalue weighted by atomic mass is 32.2. The fourth-order valence-corrected chi connectivity index (χ4v) is 2.84. The number of carbonyl (C=O) groups excluding carboxylic acids is 1. The van der Waals surface area contributed by atoms with Crippen LogP contribution in [0.4, 0.5) is 5.69 Å². The van der Waals surface area contributed by atoms with Crippen molar-refractivity contribution in [3.63, 3.8) is 0 Å². The molecule has 0 radical (unpaired) electrons. The Morgan fingerprint density at radius 2 is 1.76 bits per heavy atom. The number of amides is 1. The van der Waals surface area contributed by atoms with E-state index in [1.54, 1.807) is 18.2 Å². The van der Waals surface area contributed by atoms with Gasteiger partial charge in [-0.05, 0) is 25.0 Å². The van der Waals surface area contributed by atoms with Crippen LogP contribution in [0.2, 0.25) is 0 Å². The molecular formula is C14H23N3O3S. The number of nitrogens with one attached hydrogen (secondary N) is 3. The van der Waals surface area contributed by atoms with Crippen LogP contribution in [0.25, 0.3) is 0 Å². The van der Waals surface area contributed by atoms with Crippen LogP contribution in [0.3, 0.4) is 0 Å². The number of rotatable bonds is 9. The number of hydrogen-bond acceptors (Lipinski definition) is 4. The fraction of sp³-hybridized carbons (Fsp3) is 0.500. The van der Waals surface area contributed by atoms with E-state index < -0.39 is 10.0 Å². The highest BCUT2D eigenvalue weighted by Crippen LogP contribution is 2.20. The molecule has 0 heterocycles. The van der Waals surface area contributed by atoms with E-state index in [2.05, 4.69) is 15.4 Å². The molecule has 1 aromatic carbocycles. The normalized spacial score (nSPS) is 11.1. The molecular weight excluding hydrogens is 290 g/mol.